The molecule has 2 aliphatic heterocycles. The molecule has 0 N–H and O–H groups in total. The van der Waals surface area contributed by atoms with E-state index in [9.17, 15) is 8.42 Å². The number of halogens is 1. The van der Waals surface area contributed by atoms with Crippen molar-refractivity contribution in [1.29, 1.82) is 0 Å². The molecule has 4 nitrogen and oxygen atoms in total. The molecule has 0 radical (unpaired) electrons. The van der Waals surface area contributed by atoms with Crippen molar-refractivity contribution in [1.82, 2.24) is 4.31 Å². The van der Waals surface area contributed by atoms with Crippen molar-refractivity contribution >= 4 is 26.0 Å². The highest BCUT2D eigenvalue weighted by Crippen LogP contribution is 2.39. The lowest BCUT2D eigenvalue weighted by atomic mass is 9.78. The molecular weight excluding hydrogens is 318 g/mol. The number of rotatable bonds is 4. The van der Waals surface area contributed by atoms with Crippen LogP contribution in [0.1, 0.15) is 25.7 Å². The fraction of sp³-hybridized carbons (Fsp3) is 1.00. The number of hydrogen-bond donors (Lipinski definition) is 0. The Balaban J connectivity index is 1.97. The molecule has 0 saturated carbocycles. The Morgan fingerprint density at radius 3 is 2.83 bits per heavy atom. The number of ether oxygens (including phenoxy) is 1. The van der Waals surface area contributed by atoms with E-state index in [1.165, 1.54) is 6.26 Å². The molecule has 2 atom stereocenters. The third kappa shape index (κ3) is 3.46. The summed E-state index contributed by atoms with van der Waals surface area (Å²) in [5.41, 5.74) is 0.227. The molecule has 0 amide bonds. The lowest BCUT2D eigenvalue weighted by Gasteiger charge is -2.36. The van der Waals surface area contributed by atoms with Gasteiger partial charge in [0.15, 0.2) is 0 Å². The van der Waals surface area contributed by atoms with E-state index in [1.54, 1.807) is 4.31 Å². The molecule has 2 aliphatic rings. The first-order valence-corrected chi connectivity index (χ1v) is 9.51. The fourth-order valence-corrected chi connectivity index (χ4v) is 4.69. The second-order valence-electron chi connectivity index (χ2n) is 5.77. The first-order chi connectivity index (χ1) is 8.45. The van der Waals surface area contributed by atoms with Crippen molar-refractivity contribution in [3.63, 3.8) is 0 Å². The molecule has 0 aromatic carbocycles. The lowest BCUT2D eigenvalue weighted by Crippen LogP contribution is -2.41. The largest absolute Gasteiger partial charge is 0.381 e. The van der Waals surface area contributed by atoms with Gasteiger partial charge in [0.05, 0.1) is 12.9 Å². The molecule has 106 valence electrons. The number of alkyl halides is 1. The van der Waals surface area contributed by atoms with Gasteiger partial charge in [-0.15, -0.1) is 0 Å². The molecule has 6 heteroatoms. The molecule has 18 heavy (non-hydrogen) atoms. The molecule has 0 aliphatic carbocycles. The number of piperidine rings is 1. The molecule has 2 saturated heterocycles. The Labute approximate surface area is 118 Å². The van der Waals surface area contributed by atoms with Gasteiger partial charge in [0.1, 0.15) is 0 Å². The van der Waals surface area contributed by atoms with Crippen molar-refractivity contribution in [3.8, 4) is 0 Å². The molecular formula is C12H22BrNO3S. The summed E-state index contributed by atoms with van der Waals surface area (Å²) in [6, 6.07) is 0. The molecule has 0 bridgehead atoms. The van der Waals surface area contributed by atoms with Crippen LogP contribution >= 0.6 is 15.9 Å². The first-order valence-electron chi connectivity index (χ1n) is 6.54. The second kappa shape index (κ2) is 5.77. The predicted molar refractivity (Wildman–Crippen MR) is 75.4 cm³/mol. The van der Waals surface area contributed by atoms with E-state index < -0.39 is 10.0 Å². The van der Waals surface area contributed by atoms with Gasteiger partial charge in [-0.1, -0.05) is 15.9 Å². The standard InChI is InChI=1S/C12H22BrNO3S/c1-18(15,16)14-5-2-3-11(8-14)7-12(9-13)4-6-17-10-12/h11H,2-10H2,1H3. The maximum absolute atomic E-state index is 11.6. The van der Waals surface area contributed by atoms with Crippen LogP contribution in [0.25, 0.3) is 0 Å². The van der Waals surface area contributed by atoms with Crippen LogP contribution in [0.2, 0.25) is 0 Å². The molecule has 0 aromatic heterocycles. The minimum atomic E-state index is -3.03. The Morgan fingerprint density at radius 1 is 1.50 bits per heavy atom. The Morgan fingerprint density at radius 2 is 2.28 bits per heavy atom. The zero-order valence-electron chi connectivity index (χ0n) is 10.9. The summed E-state index contributed by atoms with van der Waals surface area (Å²) in [5, 5.41) is 0.954. The third-order valence-electron chi connectivity index (χ3n) is 4.14. The van der Waals surface area contributed by atoms with Crippen LogP contribution < -0.4 is 0 Å². The van der Waals surface area contributed by atoms with E-state index in [0.29, 0.717) is 19.0 Å². The number of sulfonamides is 1. The summed E-state index contributed by atoms with van der Waals surface area (Å²) in [5.74, 6) is 0.479. The number of hydrogen-bond acceptors (Lipinski definition) is 3. The van der Waals surface area contributed by atoms with Crippen LogP contribution in [-0.2, 0) is 14.8 Å². The molecule has 2 rings (SSSR count). The van der Waals surface area contributed by atoms with Crippen molar-refractivity contribution in [3.05, 3.63) is 0 Å². The fourth-order valence-electron chi connectivity index (χ4n) is 3.08. The molecule has 2 fully saturated rings. The van der Waals surface area contributed by atoms with Gasteiger partial charge in [-0.25, -0.2) is 12.7 Å². The summed E-state index contributed by atoms with van der Waals surface area (Å²) in [6.07, 6.45) is 5.60. The summed E-state index contributed by atoms with van der Waals surface area (Å²) in [4.78, 5) is 0. The van der Waals surface area contributed by atoms with Crippen LogP contribution in [0.5, 0.6) is 0 Å². The SMILES string of the molecule is CS(=O)(=O)N1CCCC(CC2(CBr)CCOC2)C1. The van der Waals surface area contributed by atoms with Crippen molar-refractivity contribution < 1.29 is 13.2 Å². The van der Waals surface area contributed by atoms with Crippen LogP contribution in [0.3, 0.4) is 0 Å². The van der Waals surface area contributed by atoms with Crippen molar-refractivity contribution in [2.75, 3.05) is 37.9 Å². The van der Waals surface area contributed by atoms with Crippen LogP contribution in [0.4, 0.5) is 0 Å². The lowest BCUT2D eigenvalue weighted by molar-refractivity contribution is 0.132. The summed E-state index contributed by atoms with van der Waals surface area (Å²) >= 11 is 3.60. The zero-order chi connectivity index (χ0) is 13.2. The normalized spacial score (nSPS) is 34.9. The maximum Gasteiger partial charge on any atom is 0.211 e. The van der Waals surface area contributed by atoms with E-state index in [-0.39, 0.29) is 5.41 Å². The topological polar surface area (TPSA) is 46.6 Å². The van der Waals surface area contributed by atoms with E-state index in [2.05, 4.69) is 15.9 Å². The van der Waals surface area contributed by atoms with Gasteiger partial charge in [-0.05, 0) is 31.6 Å². The molecule has 0 spiro atoms. The van der Waals surface area contributed by atoms with Gasteiger partial charge in [-0.2, -0.15) is 0 Å². The first kappa shape index (κ1) is 14.8. The van der Waals surface area contributed by atoms with Crippen molar-refractivity contribution in [2.24, 2.45) is 11.3 Å². The van der Waals surface area contributed by atoms with Crippen LogP contribution in [0, 0.1) is 11.3 Å². The maximum atomic E-state index is 11.6. The van der Waals surface area contributed by atoms with Gasteiger partial charge >= 0.3 is 0 Å². The average Bonchev–Trinajstić information content (AvgIpc) is 2.77. The van der Waals surface area contributed by atoms with Crippen LogP contribution in [0.15, 0.2) is 0 Å². The van der Waals surface area contributed by atoms with Gasteiger partial charge in [0, 0.05) is 30.4 Å². The zero-order valence-corrected chi connectivity index (χ0v) is 13.3. The van der Waals surface area contributed by atoms with E-state index in [0.717, 1.165) is 44.2 Å². The molecule has 2 unspecified atom stereocenters. The Hall–Kier alpha value is 0.350. The number of nitrogens with zero attached hydrogens (tertiary/aromatic N) is 1. The van der Waals surface area contributed by atoms with Crippen molar-refractivity contribution in [2.45, 2.75) is 25.7 Å². The van der Waals surface area contributed by atoms with E-state index in [4.69, 9.17) is 4.74 Å². The third-order valence-corrected chi connectivity index (χ3v) is 6.60. The quantitative estimate of drug-likeness (QED) is 0.734. The minimum Gasteiger partial charge on any atom is -0.381 e. The molecule has 0 aromatic rings. The van der Waals surface area contributed by atoms with Gasteiger partial charge < -0.3 is 4.74 Å². The summed E-state index contributed by atoms with van der Waals surface area (Å²) in [7, 11) is -3.03. The molecule has 2 heterocycles. The summed E-state index contributed by atoms with van der Waals surface area (Å²) < 4.78 is 30.4. The smallest absolute Gasteiger partial charge is 0.211 e. The van der Waals surface area contributed by atoms with E-state index in [1.807, 2.05) is 0 Å². The second-order valence-corrected chi connectivity index (χ2v) is 8.31. The van der Waals surface area contributed by atoms with E-state index >= 15 is 0 Å². The average molecular weight is 340 g/mol. The van der Waals surface area contributed by atoms with Gasteiger partial charge in [0.2, 0.25) is 10.0 Å². The minimum absolute atomic E-state index is 0.227. The summed E-state index contributed by atoms with van der Waals surface area (Å²) in [6.45, 7) is 3.03. The highest BCUT2D eigenvalue weighted by Gasteiger charge is 2.38. The van der Waals surface area contributed by atoms with Crippen LogP contribution in [-0.4, -0.2) is 50.6 Å². The highest BCUT2D eigenvalue weighted by molar-refractivity contribution is 9.09. The Bertz CT molecular complexity index is 379. The monoisotopic (exact) mass is 339 g/mol. The Kier molecular flexibility index (Phi) is 4.73. The van der Waals surface area contributed by atoms with Gasteiger partial charge in [-0.3, -0.25) is 0 Å². The van der Waals surface area contributed by atoms with Gasteiger partial charge in [0.25, 0.3) is 0 Å². The predicted octanol–water partition coefficient (Wildman–Crippen LogP) is 1.85. The highest BCUT2D eigenvalue weighted by atomic mass is 79.9.